The van der Waals surface area contributed by atoms with Gasteiger partial charge in [-0.2, -0.15) is 0 Å². The molecule has 0 saturated carbocycles. The molecule has 78 valence electrons. The van der Waals surface area contributed by atoms with E-state index in [0.717, 1.165) is 13.1 Å². The first-order valence-corrected chi connectivity index (χ1v) is 5.12. The van der Waals surface area contributed by atoms with Crippen LogP contribution in [-0.2, 0) is 13.2 Å². The van der Waals surface area contributed by atoms with Crippen LogP contribution >= 0.6 is 0 Å². The number of aliphatic hydroxyl groups excluding tert-OH is 1. The lowest BCUT2D eigenvalue weighted by Gasteiger charge is -2.22. The monoisotopic (exact) mass is 196 g/mol. The molecular weight excluding hydrogens is 180 g/mol. The molecule has 1 aliphatic heterocycles. The first-order valence-electron chi connectivity index (χ1n) is 5.12. The third-order valence-electron chi connectivity index (χ3n) is 2.57. The average molecular weight is 196 g/mol. The molecule has 1 aromatic heterocycles. The SMILES string of the molecule is OCc1cn(CC2CCCCN2)nn1. The van der Waals surface area contributed by atoms with Gasteiger partial charge in [-0.25, -0.2) is 0 Å². The van der Waals surface area contributed by atoms with Crippen molar-refractivity contribution in [3.8, 4) is 0 Å². The molecule has 0 spiro atoms. The Hall–Kier alpha value is -0.940. The Bertz CT molecular complexity index is 280. The van der Waals surface area contributed by atoms with Gasteiger partial charge >= 0.3 is 0 Å². The highest BCUT2D eigenvalue weighted by Crippen LogP contribution is 2.08. The maximum Gasteiger partial charge on any atom is 0.108 e. The summed E-state index contributed by atoms with van der Waals surface area (Å²) >= 11 is 0. The fourth-order valence-electron chi connectivity index (χ4n) is 1.81. The summed E-state index contributed by atoms with van der Waals surface area (Å²) < 4.78 is 1.80. The summed E-state index contributed by atoms with van der Waals surface area (Å²) in [6.07, 6.45) is 5.57. The maximum absolute atomic E-state index is 8.83. The van der Waals surface area contributed by atoms with Gasteiger partial charge in [0.2, 0.25) is 0 Å². The molecule has 1 fully saturated rings. The Balaban J connectivity index is 1.89. The van der Waals surface area contributed by atoms with Crippen LogP contribution in [0.5, 0.6) is 0 Å². The van der Waals surface area contributed by atoms with Gasteiger partial charge < -0.3 is 10.4 Å². The largest absolute Gasteiger partial charge is 0.390 e. The minimum Gasteiger partial charge on any atom is -0.390 e. The summed E-state index contributed by atoms with van der Waals surface area (Å²) in [5.74, 6) is 0. The third kappa shape index (κ3) is 2.30. The second kappa shape index (κ2) is 4.52. The van der Waals surface area contributed by atoms with Gasteiger partial charge in [0.15, 0.2) is 0 Å². The molecule has 1 unspecified atom stereocenters. The molecular formula is C9H16N4O. The van der Waals surface area contributed by atoms with Crippen LogP contribution in [-0.4, -0.2) is 32.7 Å². The molecule has 0 radical (unpaired) electrons. The predicted molar refractivity (Wildman–Crippen MR) is 51.6 cm³/mol. The zero-order chi connectivity index (χ0) is 9.80. The number of rotatable bonds is 3. The first kappa shape index (κ1) is 9.61. The predicted octanol–water partition coefficient (Wildman–Crippen LogP) is -0.0875. The van der Waals surface area contributed by atoms with Crippen molar-refractivity contribution in [1.82, 2.24) is 20.3 Å². The molecule has 1 aliphatic rings. The number of hydrogen-bond donors (Lipinski definition) is 2. The highest BCUT2D eigenvalue weighted by Gasteiger charge is 2.13. The van der Waals surface area contributed by atoms with Gasteiger partial charge in [-0.1, -0.05) is 11.6 Å². The highest BCUT2D eigenvalue weighted by atomic mass is 16.3. The highest BCUT2D eigenvalue weighted by molar-refractivity contribution is 4.89. The minimum absolute atomic E-state index is 0.0297. The Morgan fingerprint density at radius 3 is 3.14 bits per heavy atom. The van der Waals surface area contributed by atoms with E-state index in [1.807, 2.05) is 0 Å². The quantitative estimate of drug-likeness (QED) is 0.709. The molecule has 1 atom stereocenters. The van der Waals surface area contributed by atoms with Gasteiger partial charge in [0.05, 0.1) is 19.3 Å². The van der Waals surface area contributed by atoms with Crippen LogP contribution in [0.25, 0.3) is 0 Å². The van der Waals surface area contributed by atoms with E-state index in [0.29, 0.717) is 11.7 Å². The van der Waals surface area contributed by atoms with E-state index in [1.165, 1.54) is 19.3 Å². The first-order chi connectivity index (χ1) is 6.88. The van der Waals surface area contributed by atoms with Gasteiger partial charge in [-0.05, 0) is 19.4 Å². The van der Waals surface area contributed by atoms with E-state index < -0.39 is 0 Å². The molecule has 0 aromatic carbocycles. The van der Waals surface area contributed by atoms with Crippen LogP contribution < -0.4 is 5.32 Å². The minimum atomic E-state index is -0.0297. The van der Waals surface area contributed by atoms with E-state index in [2.05, 4.69) is 15.6 Å². The lowest BCUT2D eigenvalue weighted by molar-refractivity contribution is 0.276. The van der Waals surface area contributed by atoms with E-state index >= 15 is 0 Å². The van der Waals surface area contributed by atoms with E-state index in [4.69, 9.17) is 5.11 Å². The van der Waals surface area contributed by atoms with Crippen molar-refractivity contribution < 1.29 is 5.11 Å². The van der Waals surface area contributed by atoms with Gasteiger partial charge in [-0.3, -0.25) is 4.68 Å². The Labute approximate surface area is 83.1 Å². The Kier molecular flexibility index (Phi) is 3.10. The van der Waals surface area contributed by atoms with E-state index in [9.17, 15) is 0 Å². The standard InChI is InChI=1S/C9H16N4O/c14-7-9-6-13(12-11-9)5-8-3-1-2-4-10-8/h6,8,10,14H,1-5,7H2. The van der Waals surface area contributed by atoms with Crippen molar-refractivity contribution in [3.05, 3.63) is 11.9 Å². The van der Waals surface area contributed by atoms with Crippen LogP contribution in [0.1, 0.15) is 25.0 Å². The van der Waals surface area contributed by atoms with Crippen molar-refractivity contribution in [2.45, 2.75) is 38.5 Å². The molecule has 1 saturated heterocycles. The van der Waals surface area contributed by atoms with E-state index in [1.54, 1.807) is 10.9 Å². The lowest BCUT2D eigenvalue weighted by atomic mass is 10.1. The van der Waals surface area contributed by atoms with Crippen LogP contribution in [0.2, 0.25) is 0 Å². The van der Waals surface area contributed by atoms with Gasteiger partial charge in [-0.15, -0.1) is 5.10 Å². The fraction of sp³-hybridized carbons (Fsp3) is 0.778. The number of nitrogens with zero attached hydrogens (tertiary/aromatic N) is 3. The zero-order valence-corrected chi connectivity index (χ0v) is 8.19. The topological polar surface area (TPSA) is 63.0 Å². The maximum atomic E-state index is 8.83. The third-order valence-corrected chi connectivity index (χ3v) is 2.57. The summed E-state index contributed by atoms with van der Waals surface area (Å²) in [7, 11) is 0. The number of nitrogens with one attached hydrogen (secondary N) is 1. The molecule has 5 nitrogen and oxygen atoms in total. The number of aliphatic hydroxyl groups is 1. The zero-order valence-electron chi connectivity index (χ0n) is 8.19. The normalized spacial score (nSPS) is 22.5. The van der Waals surface area contributed by atoms with Crippen LogP contribution in [0.3, 0.4) is 0 Å². The summed E-state index contributed by atoms with van der Waals surface area (Å²) in [4.78, 5) is 0. The van der Waals surface area contributed by atoms with Crippen molar-refractivity contribution >= 4 is 0 Å². The molecule has 2 heterocycles. The number of hydrogen-bond acceptors (Lipinski definition) is 4. The molecule has 1 aromatic rings. The van der Waals surface area contributed by atoms with Crippen LogP contribution in [0, 0.1) is 0 Å². The molecule has 2 rings (SSSR count). The number of piperidine rings is 1. The summed E-state index contributed by atoms with van der Waals surface area (Å²) in [6.45, 7) is 1.93. The Morgan fingerprint density at radius 1 is 1.57 bits per heavy atom. The van der Waals surface area contributed by atoms with Crippen LogP contribution in [0.4, 0.5) is 0 Å². The summed E-state index contributed by atoms with van der Waals surface area (Å²) in [5.41, 5.74) is 0.640. The van der Waals surface area contributed by atoms with Crippen LogP contribution in [0.15, 0.2) is 6.20 Å². The van der Waals surface area contributed by atoms with Crippen molar-refractivity contribution in [2.75, 3.05) is 6.54 Å². The smallest absolute Gasteiger partial charge is 0.108 e. The van der Waals surface area contributed by atoms with E-state index in [-0.39, 0.29) is 6.61 Å². The molecule has 0 aliphatic carbocycles. The molecule has 2 N–H and O–H groups in total. The van der Waals surface area contributed by atoms with Gasteiger partial charge in [0, 0.05) is 6.04 Å². The molecule has 0 bridgehead atoms. The summed E-state index contributed by atoms with van der Waals surface area (Å²) in [5, 5.41) is 20.1. The second-order valence-corrected chi connectivity index (χ2v) is 3.74. The molecule has 5 heteroatoms. The van der Waals surface area contributed by atoms with Crippen molar-refractivity contribution in [2.24, 2.45) is 0 Å². The average Bonchev–Trinajstić information content (AvgIpc) is 2.67. The molecule has 0 amide bonds. The van der Waals surface area contributed by atoms with Gasteiger partial charge in [0.1, 0.15) is 5.69 Å². The molecule has 14 heavy (non-hydrogen) atoms. The van der Waals surface area contributed by atoms with Crippen molar-refractivity contribution in [1.29, 1.82) is 0 Å². The van der Waals surface area contributed by atoms with Crippen molar-refractivity contribution in [3.63, 3.8) is 0 Å². The van der Waals surface area contributed by atoms with Gasteiger partial charge in [0.25, 0.3) is 0 Å². The fourth-order valence-corrected chi connectivity index (χ4v) is 1.81. The number of aromatic nitrogens is 3. The second-order valence-electron chi connectivity index (χ2n) is 3.74. The Morgan fingerprint density at radius 2 is 2.50 bits per heavy atom. The lowest BCUT2D eigenvalue weighted by Crippen LogP contribution is -2.37. The summed E-state index contributed by atoms with van der Waals surface area (Å²) in [6, 6.07) is 0.511.